The van der Waals surface area contributed by atoms with Gasteiger partial charge in [-0.05, 0) is 56.2 Å². The van der Waals surface area contributed by atoms with Gasteiger partial charge in [0, 0.05) is 0 Å². The van der Waals surface area contributed by atoms with Crippen LogP contribution in [0.25, 0.3) is 0 Å². The van der Waals surface area contributed by atoms with Crippen molar-refractivity contribution in [3.05, 3.63) is 29.8 Å². The maximum Gasteiger partial charge on any atom is 0.0633 e. The molecule has 0 heterocycles. The highest BCUT2D eigenvalue weighted by atomic mass is 14.8. The molecule has 0 amide bonds. The summed E-state index contributed by atoms with van der Waals surface area (Å²) < 4.78 is 0. The fourth-order valence-electron chi connectivity index (χ4n) is 2.39. The Balaban J connectivity index is 2.78. The Hall–Kier alpha value is -1.44. The number of rotatable bonds is 11. The highest BCUT2D eigenvalue weighted by Crippen LogP contribution is 2.17. The average molecular weight is 300 g/mol. The third-order valence-electron chi connectivity index (χ3n) is 3.92. The van der Waals surface area contributed by atoms with Gasteiger partial charge in [-0.2, -0.15) is 0 Å². The molecule has 0 saturated carbocycles. The quantitative estimate of drug-likeness (QED) is 0.453. The van der Waals surface area contributed by atoms with Crippen molar-refractivity contribution >= 4 is 17.1 Å². The van der Waals surface area contributed by atoms with E-state index in [1.165, 1.54) is 18.4 Å². The van der Waals surface area contributed by atoms with E-state index in [9.17, 15) is 0 Å². The van der Waals surface area contributed by atoms with Gasteiger partial charge in [-0.25, -0.2) is 0 Å². The SMILES string of the molecule is CCCCC(=N)C(CCCC)=Nc1ccc(CCCC)cc1. The lowest BCUT2D eigenvalue weighted by atomic mass is 10.0. The van der Waals surface area contributed by atoms with E-state index in [1.807, 2.05) is 0 Å². The van der Waals surface area contributed by atoms with Crippen molar-refractivity contribution in [1.82, 2.24) is 0 Å². The zero-order valence-corrected chi connectivity index (χ0v) is 14.6. The lowest BCUT2D eigenvalue weighted by Crippen LogP contribution is -2.12. The molecule has 0 spiro atoms. The summed E-state index contributed by atoms with van der Waals surface area (Å²) in [5.41, 5.74) is 4.09. The number of unbranched alkanes of at least 4 members (excludes halogenated alkanes) is 3. The van der Waals surface area contributed by atoms with Crippen molar-refractivity contribution < 1.29 is 0 Å². The molecule has 1 N–H and O–H groups in total. The predicted octanol–water partition coefficient (Wildman–Crippen LogP) is 6.50. The van der Waals surface area contributed by atoms with Crippen LogP contribution < -0.4 is 0 Å². The van der Waals surface area contributed by atoms with Gasteiger partial charge >= 0.3 is 0 Å². The molecule has 0 aliphatic carbocycles. The summed E-state index contributed by atoms with van der Waals surface area (Å²) in [7, 11) is 0. The molecule has 1 aromatic carbocycles. The summed E-state index contributed by atoms with van der Waals surface area (Å²) in [6.45, 7) is 6.58. The van der Waals surface area contributed by atoms with E-state index in [-0.39, 0.29) is 0 Å². The first kappa shape index (κ1) is 18.6. The van der Waals surface area contributed by atoms with Gasteiger partial charge in [0.1, 0.15) is 0 Å². The molecule has 0 aliphatic heterocycles. The van der Waals surface area contributed by atoms with Crippen LogP contribution in [0.5, 0.6) is 0 Å². The molecule has 0 aromatic heterocycles. The van der Waals surface area contributed by atoms with E-state index in [2.05, 4.69) is 45.0 Å². The lowest BCUT2D eigenvalue weighted by Gasteiger charge is -2.08. The highest BCUT2D eigenvalue weighted by molar-refractivity contribution is 6.41. The van der Waals surface area contributed by atoms with Crippen molar-refractivity contribution in [2.75, 3.05) is 0 Å². The second-order valence-electron chi connectivity index (χ2n) is 6.01. The normalized spacial score (nSPS) is 11.7. The largest absolute Gasteiger partial charge is 0.303 e. The summed E-state index contributed by atoms with van der Waals surface area (Å²) in [6, 6.07) is 8.57. The summed E-state index contributed by atoms with van der Waals surface area (Å²) in [5.74, 6) is 0. The lowest BCUT2D eigenvalue weighted by molar-refractivity contribution is 0.795. The maximum atomic E-state index is 8.28. The van der Waals surface area contributed by atoms with Crippen molar-refractivity contribution in [2.45, 2.75) is 78.6 Å². The van der Waals surface area contributed by atoms with E-state index in [1.54, 1.807) is 0 Å². The van der Waals surface area contributed by atoms with Gasteiger partial charge in [0.05, 0.1) is 17.1 Å². The molecule has 0 atom stereocenters. The number of benzene rings is 1. The van der Waals surface area contributed by atoms with Crippen molar-refractivity contribution in [1.29, 1.82) is 5.41 Å². The van der Waals surface area contributed by atoms with Crippen LogP contribution in [0.2, 0.25) is 0 Å². The third-order valence-corrected chi connectivity index (χ3v) is 3.92. The number of aliphatic imine (C=N–C) groups is 1. The molecule has 0 radical (unpaired) electrons. The molecule has 0 unspecified atom stereocenters. The molecule has 2 nitrogen and oxygen atoms in total. The topological polar surface area (TPSA) is 36.2 Å². The summed E-state index contributed by atoms with van der Waals surface area (Å²) in [6.07, 6.45) is 9.88. The van der Waals surface area contributed by atoms with Crippen LogP contribution >= 0.6 is 0 Å². The van der Waals surface area contributed by atoms with E-state index in [4.69, 9.17) is 10.4 Å². The molecule has 0 bridgehead atoms. The third kappa shape index (κ3) is 7.02. The van der Waals surface area contributed by atoms with Gasteiger partial charge in [-0.15, -0.1) is 0 Å². The summed E-state index contributed by atoms with van der Waals surface area (Å²) in [5, 5.41) is 8.28. The van der Waals surface area contributed by atoms with E-state index in [0.717, 1.165) is 62.1 Å². The monoisotopic (exact) mass is 300 g/mol. The minimum absolute atomic E-state index is 0.727. The molecule has 0 saturated heterocycles. The number of nitrogens with one attached hydrogen (secondary N) is 1. The van der Waals surface area contributed by atoms with Crippen LogP contribution in [0, 0.1) is 5.41 Å². The molecule has 0 aliphatic rings. The first-order valence-corrected chi connectivity index (χ1v) is 8.95. The molecule has 0 fully saturated rings. The van der Waals surface area contributed by atoms with Crippen molar-refractivity contribution in [3.63, 3.8) is 0 Å². The van der Waals surface area contributed by atoms with E-state index < -0.39 is 0 Å². The van der Waals surface area contributed by atoms with Gasteiger partial charge in [0.2, 0.25) is 0 Å². The molecular formula is C20H32N2. The molecule has 22 heavy (non-hydrogen) atoms. The van der Waals surface area contributed by atoms with Crippen molar-refractivity contribution in [3.8, 4) is 0 Å². The van der Waals surface area contributed by atoms with Gasteiger partial charge in [0.25, 0.3) is 0 Å². The van der Waals surface area contributed by atoms with Gasteiger partial charge < -0.3 is 5.41 Å². The Labute approximate surface area is 136 Å². The zero-order chi connectivity index (χ0) is 16.2. The van der Waals surface area contributed by atoms with Crippen LogP contribution in [0.3, 0.4) is 0 Å². The second kappa shape index (κ2) is 11.2. The molecule has 1 aromatic rings. The first-order chi connectivity index (χ1) is 10.7. The fraction of sp³-hybridized carbons (Fsp3) is 0.600. The predicted molar refractivity (Wildman–Crippen MR) is 98.9 cm³/mol. The Morgan fingerprint density at radius 2 is 1.45 bits per heavy atom. The Bertz CT molecular complexity index is 457. The van der Waals surface area contributed by atoms with E-state index in [0.29, 0.717) is 0 Å². The Kier molecular flexibility index (Phi) is 9.45. The number of nitrogens with zero attached hydrogens (tertiary/aromatic N) is 1. The van der Waals surface area contributed by atoms with Gasteiger partial charge in [-0.1, -0.05) is 52.2 Å². The molecule has 122 valence electrons. The Morgan fingerprint density at radius 1 is 0.864 bits per heavy atom. The average Bonchev–Trinajstić information content (AvgIpc) is 2.55. The minimum Gasteiger partial charge on any atom is -0.303 e. The highest BCUT2D eigenvalue weighted by Gasteiger charge is 2.07. The maximum absolute atomic E-state index is 8.28. The van der Waals surface area contributed by atoms with Crippen molar-refractivity contribution in [2.24, 2.45) is 4.99 Å². The fourth-order valence-corrected chi connectivity index (χ4v) is 2.39. The van der Waals surface area contributed by atoms with Crippen LogP contribution in [-0.4, -0.2) is 11.4 Å². The van der Waals surface area contributed by atoms with Crippen LogP contribution in [0.1, 0.15) is 77.7 Å². The molecule has 2 heteroatoms. The summed E-state index contributed by atoms with van der Waals surface area (Å²) in [4.78, 5) is 4.76. The van der Waals surface area contributed by atoms with Crippen LogP contribution in [0.4, 0.5) is 5.69 Å². The van der Waals surface area contributed by atoms with Gasteiger partial charge in [-0.3, -0.25) is 4.99 Å². The van der Waals surface area contributed by atoms with Crippen LogP contribution in [-0.2, 0) is 6.42 Å². The smallest absolute Gasteiger partial charge is 0.0633 e. The number of aryl methyl sites for hydroxylation is 1. The summed E-state index contributed by atoms with van der Waals surface area (Å²) >= 11 is 0. The van der Waals surface area contributed by atoms with Gasteiger partial charge in [0.15, 0.2) is 0 Å². The minimum atomic E-state index is 0.727. The number of hydrogen-bond donors (Lipinski definition) is 1. The Morgan fingerprint density at radius 3 is 2.05 bits per heavy atom. The zero-order valence-electron chi connectivity index (χ0n) is 14.6. The standard InChI is InChI=1S/C20H32N2/c1-4-7-10-17-13-15-18(16-14-17)22-20(12-9-6-3)19(21)11-8-5-2/h13-16,21H,4-12H2,1-3H3. The number of hydrogen-bond acceptors (Lipinski definition) is 2. The van der Waals surface area contributed by atoms with E-state index >= 15 is 0 Å². The second-order valence-corrected chi connectivity index (χ2v) is 6.01. The first-order valence-electron chi connectivity index (χ1n) is 8.95. The molecular weight excluding hydrogens is 268 g/mol. The van der Waals surface area contributed by atoms with Crippen LogP contribution in [0.15, 0.2) is 29.3 Å². The molecule has 1 rings (SSSR count).